The fourth-order valence-corrected chi connectivity index (χ4v) is 3.57. The molecule has 31 heavy (non-hydrogen) atoms. The first kappa shape index (κ1) is 23.4. The molecule has 0 radical (unpaired) electrons. The lowest BCUT2D eigenvalue weighted by Gasteiger charge is -2.23. The number of aromatic amines is 1. The molecular weight excluding hydrogens is 418 g/mol. The van der Waals surface area contributed by atoms with Gasteiger partial charge < -0.3 is 24.5 Å². The number of quaternary nitrogens is 1. The van der Waals surface area contributed by atoms with Crippen LogP contribution < -0.4 is 10.5 Å². The maximum Gasteiger partial charge on any atom is 0.258 e. The summed E-state index contributed by atoms with van der Waals surface area (Å²) in [4.78, 5) is 20.8. The van der Waals surface area contributed by atoms with E-state index in [0.717, 1.165) is 10.5 Å². The molecule has 0 fully saturated rings. The number of fused-ring (bicyclic) bond motifs is 1. The van der Waals surface area contributed by atoms with Gasteiger partial charge in [0.1, 0.15) is 25.7 Å². The number of hydrogen-bond acceptors (Lipinski definition) is 5. The van der Waals surface area contributed by atoms with E-state index in [1.807, 2.05) is 49.4 Å². The average Bonchev–Trinajstić information content (AvgIpc) is 2.76. The number of ether oxygens (including phenoxy) is 2. The molecule has 166 valence electrons. The predicted molar refractivity (Wildman–Crippen MR) is 120 cm³/mol. The lowest BCUT2D eigenvalue weighted by atomic mass is 10.1. The SMILES string of the molecule is COCC[NH+](Cc1nc2ccccc2c(=O)[nH]1)C[C@@H](O)CO[C@@H](C)c1ccc(Cl)cc1. The third kappa shape index (κ3) is 6.85. The number of benzene rings is 2. The van der Waals surface area contributed by atoms with Crippen LogP contribution in [0, 0.1) is 0 Å². The van der Waals surface area contributed by atoms with E-state index < -0.39 is 6.10 Å². The number of nitrogens with zero attached hydrogens (tertiary/aromatic N) is 1. The maximum atomic E-state index is 12.3. The van der Waals surface area contributed by atoms with E-state index in [4.69, 9.17) is 21.1 Å². The first-order valence-corrected chi connectivity index (χ1v) is 10.7. The van der Waals surface area contributed by atoms with Crippen molar-refractivity contribution in [2.24, 2.45) is 0 Å². The second-order valence-corrected chi connectivity index (χ2v) is 8.02. The van der Waals surface area contributed by atoms with Gasteiger partial charge in [0.15, 0.2) is 5.82 Å². The van der Waals surface area contributed by atoms with Gasteiger partial charge in [0.2, 0.25) is 0 Å². The highest BCUT2D eigenvalue weighted by atomic mass is 35.5. The summed E-state index contributed by atoms with van der Waals surface area (Å²) in [5.74, 6) is 0.581. The van der Waals surface area contributed by atoms with Crippen LogP contribution in [0.4, 0.5) is 0 Å². The molecule has 0 aliphatic carbocycles. The number of H-pyrrole nitrogens is 1. The summed E-state index contributed by atoms with van der Waals surface area (Å²) >= 11 is 5.93. The molecule has 3 atom stereocenters. The van der Waals surface area contributed by atoms with Gasteiger partial charge >= 0.3 is 0 Å². The third-order valence-corrected chi connectivity index (χ3v) is 5.39. The van der Waals surface area contributed by atoms with Crippen LogP contribution >= 0.6 is 11.6 Å². The quantitative estimate of drug-likeness (QED) is 0.417. The lowest BCUT2D eigenvalue weighted by Crippen LogP contribution is -3.12. The second-order valence-electron chi connectivity index (χ2n) is 7.58. The van der Waals surface area contributed by atoms with Gasteiger partial charge in [-0.05, 0) is 36.8 Å². The number of para-hydroxylation sites is 1. The Hall–Kier alpha value is -2.29. The van der Waals surface area contributed by atoms with Crippen molar-refractivity contribution >= 4 is 22.5 Å². The second kappa shape index (κ2) is 11.4. The summed E-state index contributed by atoms with van der Waals surface area (Å²) in [5, 5.41) is 11.8. The van der Waals surface area contributed by atoms with E-state index in [1.165, 1.54) is 0 Å². The average molecular weight is 447 g/mol. The fraction of sp³-hybridized carbons (Fsp3) is 0.391. The molecule has 8 heteroatoms. The normalized spacial score (nSPS) is 14.5. The zero-order valence-electron chi connectivity index (χ0n) is 17.8. The van der Waals surface area contributed by atoms with Crippen molar-refractivity contribution in [1.29, 1.82) is 0 Å². The zero-order chi connectivity index (χ0) is 22.2. The fourth-order valence-electron chi connectivity index (χ4n) is 3.44. The number of aromatic nitrogens is 2. The maximum absolute atomic E-state index is 12.3. The molecule has 2 aromatic carbocycles. The molecule has 0 bridgehead atoms. The van der Waals surface area contributed by atoms with Crippen LogP contribution in [0.5, 0.6) is 0 Å². The van der Waals surface area contributed by atoms with E-state index in [1.54, 1.807) is 13.2 Å². The van der Waals surface area contributed by atoms with Crippen molar-refractivity contribution in [2.45, 2.75) is 25.7 Å². The zero-order valence-corrected chi connectivity index (χ0v) is 18.6. The smallest absolute Gasteiger partial charge is 0.258 e. The van der Waals surface area contributed by atoms with Gasteiger partial charge in [-0.1, -0.05) is 35.9 Å². The molecule has 1 heterocycles. The minimum absolute atomic E-state index is 0.159. The molecule has 0 saturated heterocycles. The number of hydrogen-bond donors (Lipinski definition) is 3. The molecule has 3 rings (SSSR count). The lowest BCUT2D eigenvalue weighted by molar-refractivity contribution is -0.917. The molecular formula is C23H29ClN3O4+. The van der Waals surface area contributed by atoms with E-state index >= 15 is 0 Å². The molecule has 0 aliphatic heterocycles. The standard InChI is InChI=1S/C23H28ClN3O4/c1-16(17-7-9-18(24)10-8-17)31-15-19(28)13-27(11-12-30-2)14-22-25-21-6-4-3-5-20(21)23(29)26-22/h3-10,16,19,28H,11-15H2,1-2H3,(H,25,26,29)/p+1/t16-,19+/m0/s1. The number of aliphatic hydroxyl groups excluding tert-OH is 1. The van der Waals surface area contributed by atoms with Crippen LogP contribution in [0.1, 0.15) is 24.4 Å². The molecule has 0 aliphatic rings. The van der Waals surface area contributed by atoms with E-state index in [9.17, 15) is 9.90 Å². The Morgan fingerprint density at radius 1 is 1.19 bits per heavy atom. The van der Waals surface area contributed by atoms with E-state index in [2.05, 4.69) is 9.97 Å². The summed E-state index contributed by atoms with van der Waals surface area (Å²) in [6, 6.07) is 14.7. The van der Waals surface area contributed by atoms with Gasteiger partial charge in [0.25, 0.3) is 5.56 Å². The molecule has 3 N–H and O–H groups in total. The van der Waals surface area contributed by atoms with Crippen LogP contribution in [-0.4, -0.2) is 54.6 Å². The number of methoxy groups -OCH3 is 1. The Bertz CT molecular complexity index is 1030. The highest BCUT2D eigenvalue weighted by molar-refractivity contribution is 6.30. The minimum Gasteiger partial charge on any atom is -0.385 e. The largest absolute Gasteiger partial charge is 0.385 e. The van der Waals surface area contributed by atoms with Crippen molar-refractivity contribution < 1.29 is 19.5 Å². The predicted octanol–water partition coefficient (Wildman–Crippen LogP) is 1.75. The van der Waals surface area contributed by atoms with Crippen molar-refractivity contribution in [1.82, 2.24) is 9.97 Å². The van der Waals surface area contributed by atoms with Crippen LogP contribution in [0.25, 0.3) is 10.9 Å². The van der Waals surface area contributed by atoms with Crippen LogP contribution in [0.2, 0.25) is 5.02 Å². The molecule has 0 amide bonds. The number of nitrogens with one attached hydrogen (secondary N) is 2. The minimum atomic E-state index is -0.672. The van der Waals surface area contributed by atoms with Gasteiger partial charge in [-0.2, -0.15) is 0 Å². The topological polar surface area (TPSA) is 88.9 Å². The summed E-state index contributed by atoms with van der Waals surface area (Å²) in [6.07, 6.45) is -0.832. The molecule has 0 spiro atoms. The van der Waals surface area contributed by atoms with Crippen molar-refractivity contribution in [3.05, 3.63) is 75.3 Å². The Kier molecular flexibility index (Phi) is 8.57. The molecule has 1 aromatic heterocycles. The van der Waals surface area contributed by atoms with Gasteiger partial charge in [-0.15, -0.1) is 0 Å². The Balaban J connectivity index is 1.61. The van der Waals surface area contributed by atoms with Crippen molar-refractivity contribution in [2.75, 3.05) is 33.4 Å². The molecule has 7 nitrogen and oxygen atoms in total. The Labute approximate surface area is 186 Å². The molecule has 3 aromatic rings. The summed E-state index contributed by atoms with van der Waals surface area (Å²) in [5.41, 5.74) is 1.50. The van der Waals surface area contributed by atoms with Crippen LogP contribution in [0.3, 0.4) is 0 Å². The van der Waals surface area contributed by atoms with Crippen LogP contribution in [-0.2, 0) is 16.0 Å². The van der Waals surface area contributed by atoms with Crippen molar-refractivity contribution in [3.8, 4) is 0 Å². The first-order chi connectivity index (χ1) is 15.0. The highest BCUT2D eigenvalue weighted by Gasteiger charge is 2.19. The van der Waals surface area contributed by atoms with Gasteiger partial charge in [0, 0.05) is 12.1 Å². The van der Waals surface area contributed by atoms with Gasteiger partial charge in [-0.25, -0.2) is 4.98 Å². The molecule has 0 saturated carbocycles. The Morgan fingerprint density at radius 3 is 2.68 bits per heavy atom. The monoisotopic (exact) mass is 446 g/mol. The highest BCUT2D eigenvalue weighted by Crippen LogP contribution is 2.19. The van der Waals surface area contributed by atoms with Crippen molar-refractivity contribution in [3.63, 3.8) is 0 Å². The van der Waals surface area contributed by atoms with E-state index in [-0.39, 0.29) is 18.3 Å². The van der Waals surface area contributed by atoms with E-state index in [0.29, 0.717) is 48.0 Å². The number of aliphatic hydroxyl groups is 1. The van der Waals surface area contributed by atoms with Gasteiger partial charge in [-0.3, -0.25) is 4.79 Å². The third-order valence-electron chi connectivity index (χ3n) is 5.14. The van der Waals surface area contributed by atoms with Gasteiger partial charge in [0.05, 0.1) is 30.2 Å². The number of rotatable bonds is 11. The number of halogens is 1. The Morgan fingerprint density at radius 2 is 1.94 bits per heavy atom. The summed E-state index contributed by atoms with van der Waals surface area (Å²) < 4.78 is 11.1. The molecule has 1 unspecified atom stereocenters. The summed E-state index contributed by atoms with van der Waals surface area (Å²) in [6.45, 7) is 4.23. The van der Waals surface area contributed by atoms with Crippen LogP contribution in [0.15, 0.2) is 53.3 Å². The summed E-state index contributed by atoms with van der Waals surface area (Å²) in [7, 11) is 1.64. The first-order valence-electron chi connectivity index (χ1n) is 10.3.